The van der Waals surface area contributed by atoms with Gasteiger partial charge in [-0.3, -0.25) is 0 Å². The van der Waals surface area contributed by atoms with Crippen LogP contribution in [0.5, 0.6) is 5.75 Å². The Hall–Kier alpha value is -2.27. The van der Waals surface area contributed by atoms with E-state index in [-0.39, 0.29) is 5.75 Å². The number of rotatable bonds is 0. The number of phenols is 1. The predicted molar refractivity (Wildman–Crippen MR) is 69.5 cm³/mol. The lowest BCUT2D eigenvalue weighted by atomic mass is 9.98. The summed E-state index contributed by atoms with van der Waals surface area (Å²) in [6, 6.07) is 14.0. The van der Waals surface area contributed by atoms with Crippen LogP contribution in [0.1, 0.15) is 27.8 Å². The van der Waals surface area contributed by atoms with Gasteiger partial charge in [-0.05, 0) is 53.6 Å². The molecule has 0 aliphatic heterocycles. The van der Waals surface area contributed by atoms with E-state index >= 15 is 0 Å². The van der Waals surface area contributed by atoms with Crippen molar-refractivity contribution in [3.05, 3.63) is 64.2 Å². The van der Waals surface area contributed by atoms with Gasteiger partial charge in [0.15, 0.2) is 0 Å². The zero-order valence-electron chi connectivity index (χ0n) is 9.98. The number of nitriles is 1. The van der Waals surface area contributed by atoms with Gasteiger partial charge in [0.25, 0.3) is 0 Å². The van der Waals surface area contributed by atoms with Crippen molar-refractivity contribution in [3.63, 3.8) is 0 Å². The van der Waals surface area contributed by atoms with E-state index in [1.807, 2.05) is 18.2 Å². The molecule has 0 heterocycles. The van der Waals surface area contributed by atoms with Crippen LogP contribution in [0.15, 0.2) is 36.4 Å². The molecule has 88 valence electrons. The molecule has 0 atom stereocenters. The van der Waals surface area contributed by atoms with E-state index in [4.69, 9.17) is 5.26 Å². The highest BCUT2D eigenvalue weighted by Gasteiger charge is 2.15. The van der Waals surface area contributed by atoms with E-state index in [0.717, 1.165) is 24.8 Å². The molecule has 0 bridgehead atoms. The molecule has 2 nitrogen and oxygen atoms in total. The Kier molecular flexibility index (Phi) is 2.53. The van der Waals surface area contributed by atoms with Gasteiger partial charge < -0.3 is 5.11 Å². The van der Waals surface area contributed by atoms with Crippen LogP contribution in [0, 0.1) is 11.3 Å². The zero-order valence-corrected chi connectivity index (χ0v) is 9.98. The summed E-state index contributed by atoms with van der Waals surface area (Å²) in [5, 5.41) is 18.7. The number of phenolic OH excluding ortho intramolecular Hbond substituents is 1. The van der Waals surface area contributed by atoms with Gasteiger partial charge in [0, 0.05) is 0 Å². The smallest absolute Gasteiger partial charge is 0.133 e. The second-order valence-corrected chi connectivity index (χ2v) is 4.70. The van der Waals surface area contributed by atoms with Crippen molar-refractivity contribution in [1.82, 2.24) is 0 Å². The molecule has 0 saturated carbocycles. The molecule has 0 unspecified atom stereocenters. The van der Waals surface area contributed by atoms with E-state index < -0.39 is 0 Å². The summed E-state index contributed by atoms with van der Waals surface area (Å²) in [6.45, 7) is 0. The molecule has 0 radical (unpaired) electrons. The maximum atomic E-state index is 9.78. The van der Waals surface area contributed by atoms with Gasteiger partial charge in [0.1, 0.15) is 11.8 Å². The first-order valence-electron chi connectivity index (χ1n) is 6.09. The maximum absolute atomic E-state index is 9.78. The molecule has 0 aromatic heterocycles. The molecule has 1 aliphatic rings. The Bertz CT molecular complexity index is 653. The Morgan fingerprint density at radius 1 is 0.944 bits per heavy atom. The molecule has 2 aromatic rings. The monoisotopic (exact) mass is 235 g/mol. The largest absolute Gasteiger partial charge is 0.507 e. The number of hydrogen-bond donors (Lipinski definition) is 1. The fourth-order valence-electron chi connectivity index (χ4n) is 2.61. The van der Waals surface area contributed by atoms with Gasteiger partial charge in [0.05, 0.1) is 5.56 Å². The van der Waals surface area contributed by atoms with Gasteiger partial charge in [-0.15, -0.1) is 0 Å². The van der Waals surface area contributed by atoms with E-state index in [9.17, 15) is 5.11 Å². The lowest BCUT2D eigenvalue weighted by Gasteiger charge is -2.07. The first kappa shape index (κ1) is 10.9. The minimum atomic E-state index is 0.0932. The number of aryl methyl sites for hydroxylation is 2. The van der Waals surface area contributed by atoms with Crippen LogP contribution in [0.3, 0.4) is 0 Å². The van der Waals surface area contributed by atoms with Crippen molar-refractivity contribution < 1.29 is 5.11 Å². The zero-order chi connectivity index (χ0) is 12.5. The van der Waals surface area contributed by atoms with Crippen LogP contribution in [-0.4, -0.2) is 5.11 Å². The molecular formula is C16H13NO. The molecule has 18 heavy (non-hydrogen) atoms. The third kappa shape index (κ3) is 1.74. The van der Waals surface area contributed by atoms with Gasteiger partial charge in [-0.1, -0.05) is 24.3 Å². The summed E-state index contributed by atoms with van der Waals surface area (Å²) in [5.41, 5.74) is 5.38. The standard InChI is InChI=1S/C16H13NO/c17-10-15-8-13-6-5-11-3-1-2-4-12(11)7-14(13)9-16(15)18/h1-4,8-9,18H,5-7H2. The van der Waals surface area contributed by atoms with E-state index in [1.165, 1.54) is 16.7 Å². The van der Waals surface area contributed by atoms with Crippen LogP contribution in [-0.2, 0) is 19.3 Å². The van der Waals surface area contributed by atoms with Crippen molar-refractivity contribution in [2.45, 2.75) is 19.3 Å². The number of hydrogen-bond acceptors (Lipinski definition) is 2. The van der Waals surface area contributed by atoms with Crippen LogP contribution in [0.4, 0.5) is 0 Å². The highest BCUT2D eigenvalue weighted by molar-refractivity contribution is 5.51. The average molecular weight is 235 g/mol. The number of nitrogens with zero attached hydrogens (tertiary/aromatic N) is 1. The average Bonchev–Trinajstić information content (AvgIpc) is 2.56. The lowest BCUT2D eigenvalue weighted by Crippen LogP contribution is -1.94. The number of fused-ring (bicyclic) bond motifs is 2. The summed E-state index contributed by atoms with van der Waals surface area (Å²) < 4.78 is 0. The van der Waals surface area contributed by atoms with Crippen molar-refractivity contribution in [2.75, 3.05) is 0 Å². The van der Waals surface area contributed by atoms with E-state index in [1.54, 1.807) is 6.07 Å². The minimum absolute atomic E-state index is 0.0932. The van der Waals surface area contributed by atoms with Crippen molar-refractivity contribution >= 4 is 0 Å². The highest BCUT2D eigenvalue weighted by atomic mass is 16.3. The number of aromatic hydroxyl groups is 1. The third-order valence-corrected chi connectivity index (χ3v) is 3.60. The molecule has 3 rings (SSSR count). The molecule has 0 saturated heterocycles. The van der Waals surface area contributed by atoms with Gasteiger partial charge in [0.2, 0.25) is 0 Å². The maximum Gasteiger partial charge on any atom is 0.133 e. The first-order chi connectivity index (χ1) is 8.78. The topological polar surface area (TPSA) is 44.0 Å². The summed E-state index contributed by atoms with van der Waals surface area (Å²) in [7, 11) is 0. The lowest BCUT2D eigenvalue weighted by molar-refractivity contribution is 0.472. The summed E-state index contributed by atoms with van der Waals surface area (Å²) in [4.78, 5) is 0. The molecule has 0 spiro atoms. The van der Waals surface area contributed by atoms with Crippen molar-refractivity contribution in [2.24, 2.45) is 0 Å². The quantitative estimate of drug-likeness (QED) is 0.763. The predicted octanol–water partition coefficient (Wildman–Crippen LogP) is 2.95. The molecule has 0 amide bonds. The SMILES string of the molecule is N#Cc1cc2c(cc1O)Cc1ccccc1CC2. The van der Waals surface area contributed by atoms with Crippen LogP contribution in [0.2, 0.25) is 0 Å². The van der Waals surface area contributed by atoms with E-state index in [2.05, 4.69) is 18.2 Å². The van der Waals surface area contributed by atoms with Gasteiger partial charge in [-0.25, -0.2) is 0 Å². The molecular weight excluding hydrogens is 222 g/mol. The van der Waals surface area contributed by atoms with E-state index in [0.29, 0.717) is 5.56 Å². The Morgan fingerprint density at radius 2 is 1.67 bits per heavy atom. The molecule has 1 N–H and O–H groups in total. The van der Waals surface area contributed by atoms with Crippen molar-refractivity contribution in [1.29, 1.82) is 5.26 Å². The van der Waals surface area contributed by atoms with Gasteiger partial charge in [-0.2, -0.15) is 5.26 Å². The highest BCUT2D eigenvalue weighted by Crippen LogP contribution is 2.29. The first-order valence-corrected chi connectivity index (χ1v) is 6.09. The molecule has 1 aliphatic carbocycles. The third-order valence-electron chi connectivity index (χ3n) is 3.60. The van der Waals surface area contributed by atoms with Crippen LogP contribution >= 0.6 is 0 Å². The summed E-state index contributed by atoms with van der Waals surface area (Å²) in [6.07, 6.45) is 2.77. The molecule has 0 fully saturated rings. The van der Waals surface area contributed by atoms with Crippen LogP contribution < -0.4 is 0 Å². The van der Waals surface area contributed by atoms with Gasteiger partial charge >= 0.3 is 0 Å². The van der Waals surface area contributed by atoms with Crippen LogP contribution in [0.25, 0.3) is 0 Å². The summed E-state index contributed by atoms with van der Waals surface area (Å²) in [5.74, 6) is 0.0932. The second kappa shape index (κ2) is 4.19. The normalized spacial score (nSPS) is 13.1. The Labute approximate surface area is 106 Å². The fourth-order valence-corrected chi connectivity index (χ4v) is 2.61. The molecule has 2 aromatic carbocycles. The Balaban J connectivity index is 2.11. The van der Waals surface area contributed by atoms with Crippen molar-refractivity contribution in [3.8, 4) is 11.8 Å². The minimum Gasteiger partial charge on any atom is -0.507 e. The number of benzene rings is 2. The summed E-state index contributed by atoms with van der Waals surface area (Å²) >= 11 is 0. The fraction of sp³-hybridized carbons (Fsp3) is 0.188. The Morgan fingerprint density at radius 3 is 2.44 bits per heavy atom. The molecule has 2 heteroatoms. The second-order valence-electron chi connectivity index (χ2n) is 4.70.